The summed E-state index contributed by atoms with van der Waals surface area (Å²) >= 11 is 0. The second-order valence-corrected chi connectivity index (χ2v) is 5.54. The van der Waals surface area contributed by atoms with Crippen molar-refractivity contribution in [3.63, 3.8) is 0 Å². The first kappa shape index (κ1) is 12.3. The minimum atomic E-state index is -0.0200. The maximum Gasteiger partial charge on any atom is 0.290 e. The molecular formula is C17H16N2O2. The molecule has 0 spiro atoms. The zero-order valence-corrected chi connectivity index (χ0v) is 11.8. The highest BCUT2D eigenvalue weighted by Crippen LogP contribution is 2.28. The van der Waals surface area contributed by atoms with Gasteiger partial charge < -0.3 is 14.3 Å². The van der Waals surface area contributed by atoms with Crippen LogP contribution in [0.1, 0.15) is 27.4 Å². The summed E-state index contributed by atoms with van der Waals surface area (Å²) in [5, 5.41) is 1.21. The molecule has 0 radical (unpaired) electrons. The van der Waals surface area contributed by atoms with Crippen molar-refractivity contribution in [2.45, 2.75) is 19.9 Å². The summed E-state index contributed by atoms with van der Waals surface area (Å²) in [4.78, 5) is 17.9. The average molecular weight is 280 g/mol. The van der Waals surface area contributed by atoms with Crippen molar-refractivity contribution >= 4 is 16.8 Å². The van der Waals surface area contributed by atoms with Crippen LogP contribution < -0.4 is 0 Å². The van der Waals surface area contributed by atoms with Gasteiger partial charge in [-0.1, -0.05) is 18.2 Å². The van der Waals surface area contributed by atoms with Crippen molar-refractivity contribution in [2.24, 2.45) is 0 Å². The lowest BCUT2D eigenvalue weighted by atomic mass is 10.0. The fourth-order valence-corrected chi connectivity index (χ4v) is 3.08. The molecule has 1 aliphatic rings. The molecule has 0 saturated carbocycles. The molecule has 3 aromatic rings. The van der Waals surface area contributed by atoms with E-state index in [2.05, 4.69) is 17.1 Å². The summed E-state index contributed by atoms with van der Waals surface area (Å²) in [7, 11) is 0. The van der Waals surface area contributed by atoms with E-state index in [4.69, 9.17) is 4.42 Å². The maximum atomic E-state index is 12.6. The molecule has 0 aliphatic carbocycles. The highest BCUT2D eigenvalue weighted by Gasteiger charge is 2.26. The van der Waals surface area contributed by atoms with Crippen LogP contribution in [0.3, 0.4) is 0 Å². The van der Waals surface area contributed by atoms with E-state index in [1.165, 1.54) is 16.6 Å². The number of hydrogen-bond donors (Lipinski definition) is 1. The minimum Gasteiger partial charge on any atom is -0.459 e. The van der Waals surface area contributed by atoms with Crippen molar-refractivity contribution in [1.29, 1.82) is 0 Å². The molecule has 0 unspecified atom stereocenters. The van der Waals surface area contributed by atoms with Crippen LogP contribution in [0.4, 0.5) is 0 Å². The van der Waals surface area contributed by atoms with E-state index in [1.807, 2.05) is 30.0 Å². The van der Waals surface area contributed by atoms with E-state index in [0.717, 1.165) is 24.0 Å². The van der Waals surface area contributed by atoms with Crippen LogP contribution >= 0.6 is 0 Å². The van der Waals surface area contributed by atoms with E-state index in [9.17, 15) is 4.79 Å². The lowest BCUT2D eigenvalue weighted by Gasteiger charge is -2.26. The lowest BCUT2D eigenvalue weighted by molar-refractivity contribution is 0.0701. The van der Waals surface area contributed by atoms with E-state index < -0.39 is 0 Å². The minimum absolute atomic E-state index is 0.0200. The number of aromatic amines is 1. The molecule has 3 heterocycles. The van der Waals surface area contributed by atoms with Crippen LogP contribution in [0.2, 0.25) is 0 Å². The van der Waals surface area contributed by atoms with E-state index >= 15 is 0 Å². The number of benzene rings is 1. The Morgan fingerprint density at radius 2 is 2.14 bits per heavy atom. The standard InChI is InChI=1S/C17H16N2O2/c1-11-7-9-21-16(11)17(20)19-8-6-15-13(10-19)12-4-2-3-5-14(12)18-15/h2-5,7,9,18H,6,8,10H2,1H3. The number of hydrogen-bond acceptors (Lipinski definition) is 2. The SMILES string of the molecule is Cc1ccoc1C(=O)N1CCc2[nH]c3ccccc3c2C1. The number of aryl methyl sites for hydroxylation is 1. The Balaban J connectivity index is 1.70. The van der Waals surface area contributed by atoms with Gasteiger partial charge >= 0.3 is 0 Å². The third-order valence-corrected chi connectivity index (χ3v) is 4.23. The van der Waals surface area contributed by atoms with Gasteiger partial charge in [-0.05, 0) is 19.1 Å². The van der Waals surface area contributed by atoms with Crippen molar-refractivity contribution in [1.82, 2.24) is 9.88 Å². The van der Waals surface area contributed by atoms with Gasteiger partial charge in [0.25, 0.3) is 5.91 Å². The molecule has 2 aromatic heterocycles. The third kappa shape index (κ3) is 1.87. The normalized spacial score (nSPS) is 14.4. The molecule has 0 saturated heterocycles. The zero-order chi connectivity index (χ0) is 14.4. The topological polar surface area (TPSA) is 49.2 Å². The highest BCUT2D eigenvalue weighted by molar-refractivity contribution is 5.93. The Hall–Kier alpha value is -2.49. The number of carbonyl (C=O) groups is 1. The highest BCUT2D eigenvalue weighted by atomic mass is 16.3. The number of nitrogens with zero attached hydrogens (tertiary/aromatic N) is 1. The third-order valence-electron chi connectivity index (χ3n) is 4.23. The van der Waals surface area contributed by atoms with Crippen molar-refractivity contribution in [3.05, 3.63) is 59.2 Å². The predicted molar refractivity (Wildman–Crippen MR) is 80.2 cm³/mol. The molecule has 0 atom stereocenters. The molecule has 0 fully saturated rings. The van der Waals surface area contributed by atoms with Crippen LogP contribution in [0.15, 0.2) is 41.0 Å². The van der Waals surface area contributed by atoms with Gasteiger partial charge in [-0.25, -0.2) is 0 Å². The number of aromatic nitrogens is 1. The fourth-order valence-electron chi connectivity index (χ4n) is 3.08. The number of fused-ring (bicyclic) bond motifs is 3. The Morgan fingerprint density at radius 3 is 2.95 bits per heavy atom. The molecule has 4 heteroatoms. The lowest BCUT2D eigenvalue weighted by Crippen LogP contribution is -2.35. The monoisotopic (exact) mass is 280 g/mol. The molecule has 1 N–H and O–H groups in total. The first-order valence-corrected chi connectivity index (χ1v) is 7.16. The number of amides is 1. The summed E-state index contributed by atoms with van der Waals surface area (Å²) in [6, 6.07) is 10.1. The van der Waals surface area contributed by atoms with Crippen molar-refractivity contribution in [2.75, 3.05) is 6.54 Å². The number of H-pyrrole nitrogens is 1. The summed E-state index contributed by atoms with van der Waals surface area (Å²) in [5.41, 5.74) is 4.52. The van der Waals surface area contributed by atoms with Crippen molar-refractivity contribution in [3.8, 4) is 0 Å². The molecule has 4 nitrogen and oxygen atoms in total. The smallest absolute Gasteiger partial charge is 0.290 e. The largest absolute Gasteiger partial charge is 0.459 e. The first-order chi connectivity index (χ1) is 10.2. The van der Waals surface area contributed by atoms with Crippen LogP contribution in [-0.2, 0) is 13.0 Å². The Bertz CT molecular complexity index is 828. The number of rotatable bonds is 1. The molecule has 1 aliphatic heterocycles. The summed E-state index contributed by atoms with van der Waals surface area (Å²) in [6.07, 6.45) is 2.43. The van der Waals surface area contributed by atoms with E-state index in [1.54, 1.807) is 6.26 Å². The Labute approximate surface area is 122 Å². The maximum absolute atomic E-state index is 12.6. The summed E-state index contributed by atoms with van der Waals surface area (Å²) in [5.74, 6) is 0.437. The van der Waals surface area contributed by atoms with E-state index in [0.29, 0.717) is 12.3 Å². The number of para-hydroxylation sites is 1. The van der Waals surface area contributed by atoms with Gasteiger partial charge in [0.15, 0.2) is 5.76 Å². The summed E-state index contributed by atoms with van der Waals surface area (Å²) < 4.78 is 5.34. The number of nitrogens with one attached hydrogen (secondary N) is 1. The summed E-state index contributed by atoms with van der Waals surface area (Å²) in [6.45, 7) is 3.26. The van der Waals surface area contributed by atoms with Gasteiger partial charge in [0.1, 0.15) is 0 Å². The second kappa shape index (κ2) is 4.52. The number of carbonyl (C=O) groups excluding carboxylic acids is 1. The Morgan fingerprint density at radius 1 is 1.29 bits per heavy atom. The fraction of sp³-hybridized carbons (Fsp3) is 0.235. The average Bonchev–Trinajstić information content (AvgIpc) is 3.09. The zero-order valence-electron chi connectivity index (χ0n) is 11.8. The molecule has 4 rings (SSSR count). The van der Waals surface area contributed by atoms with Crippen LogP contribution in [-0.4, -0.2) is 22.3 Å². The number of furan rings is 1. The quantitative estimate of drug-likeness (QED) is 0.743. The molecule has 1 amide bonds. The van der Waals surface area contributed by atoms with Crippen LogP contribution in [0.5, 0.6) is 0 Å². The Kier molecular flexibility index (Phi) is 2.64. The molecular weight excluding hydrogens is 264 g/mol. The van der Waals surface area contributed by atoms with Gasteiger partial charge in [-0.3, -0.25) is 4.79 Å². The molecule has 106 valence electrons. The molecule has 0 bridgehead atoms. The van der Waals surface area contributed by atoms with Gasteiger partial charge in [0.2, 0.25) is 0 Å². The van der Waals surface area contributed by atoms with Gasteiger partial charge in [-0.15, -0.1) is 0 Å². The van der Waals surface area contributed by atoms with Gasteiger partial charge in [0, 0.05) is 47.2 Å². The van der Waals surface area contributed by atoms with Gasteiger partial charge in [-0.2, -0.15) is 0 Å². The molecule has 21 heavy (non-hydrogen) atoms. The van der Waals surface area contributed by atoms with E-state index in [-0.39, 0.29) is 5.91 Å². The predicted octanol–water partition coefficient (Wildman–Crippen LogP) is 3.27. The second-order valence-electron chi connectivity index (χ2n) is 5.54. The van der Waals surface area contributed by atoms with Crippen LogP contribution in [0.25, 0.3) is 10.9 Å². The molecule has 1 aromatic carbocycles. The van der Waals surface area contributed by atoms with Gasteiger partial charge in [0.05, 0.1) is 6.26 Å². The van der Waals surface area contributed by atoms with Crippen molar-refractivity contribution < 1.29 is 9.21 Å². The first-order valence-electron chi connectivity index (χ1n) is 7.16. The van der Waals surface area contributed by atoms with Crippen LogP contribution in [0, 0.1) is 6.92 Å².